The number of amides is 3. The van der Waals surface area contributed by atoms with E-state index in [9.17, 15) is 28.0 Å². The van der Waals surface area contributed by atoms with E-state index in [1.165, 1.54) is 26.8 Å². The first-order valence-corrected chi connectivity index (χ1v) is 9.59. The molecule has 8 nitrogen and oxygen atoms in total. The van der Waals surface area contributed by atoms with Gasteiger partial charge in [-0.05, 0) is 51.3 Å². The number of fused-ring (bicyclic) bond motifs is 1. The van der Waals surface area contributed by atoms with Crippen LogP contribution in [0.25, 0.3) is 0 Å². The van der Waals surface area contributed by atoms with E-state index < -0.39 is 40.7 Å². The predicted molar refractivity (Wildman–Crippen MR) is 108 cm³/mol. The van der Waals surface area contributed by atoms with E-state index >= 15 is 0 Å². The molecule has 2 heterocycles. The van der Waals surface area contributed by atoms with Crippen molar-refractivity contribution < 1.29 is 28.0 Å². The van der Waals surface area contributed by atoms with Gasteiger partial charge in [-0.25, -0.2) is 8.78 Å². The summed E-state index contributed by atoms with van der Waals surface area (Å²) in [5, 5.41) is 4.80. The number of carbonyl (C=O) groups excluding carboxylic acids is 4. The van der Waals surface area contributed by atoms with Gasteiger partial charge in [-0.2, -0.15) is 0 Å². The van der Waals surface area contributed by atoms with Gasteiger partial charge in [-0.15, -0.1) is 0 Å². The molecule has 0 radical (unpaired) electrons. The molecule has 1 aromatic carbocycles. The van der Waals surface area contributed by atoms with Gasteiger partial charge < -0.3 is 20.9 Å². The van der Waals surface area contributed by atoms with Crippen LogP contribution < -0.4 is 16.4 Å². The Kier molecular flexibility index (Phi) is 5.66. The summed E-state index contributed by atoms with van der Waals surface area (Å²) in [7, 11) is 0. The highest BCUT2D eigenvalue weighted by Crippen LogP contribution is 2.30. The molecule has 0 saturated heterocycles. The molecule has 0 saturated carbocycles. The van der Waals surface area contributed by atoms with E-state index in [2.05, 4.69) is 10.6 Å². The van der Waals surface area contributed by atoms with E-state index in [-0.39, 0.29) is 22.5 Å². The fourth-order valence-electron chi connectivity index (χ4n) is 3.59. The molecular weight excluding hydrogens is 410 g/mol. The summed E-state index contributed by atoms with van der Waals surface area (Å²) in [6.07, 6.45) is 1.14. The van der Waals surface area contributed by atoms with Gasteiger partial charge in [-0.3, -0.25) is 19.2 Å². The minimum absolute atomic E-state index is 0.0469. The van der Waals surface area contributed by atoms with Crippen LogP contribution >= 0.6 is 0 Å². The molecule has 3 rings (SSSR count). The largest absolute Gasteiger partial charge is 0.368 e. The van der Waals surface area contributed by atoms with Gasteiger partial charge in [-0.1, -0.05) is 0 Å². The van der Waals surface area contributed by atoms with Gasteiger partial charge >= 0.3 is 0 Å². The first kappa shape index (κ1) is 22.1. The van der Waals surface area contributed by atoms with Crippen LogP contribution in [0.1, 0.15) is 52.4 Å². The Morgan fingerprint density at radius 2 is 1.81 bits per heavy atom. The monoisotopic (exact) mass is 432 g/mol. The predicted octanol–water partition coefficient (Wildman–Crippen LogP) is 1.84. The molecule has 0 atom stereocenters. The molecule has 0 aliphatic carbocycles. The van der Waals surface area contributed by atoms with E-state index in [4.69, 9.17) is 5.73 Å². The summed E-state index contributed by atoms with van der Waals surface area (Å²) in [5.74, 6) is -5.48. The van der Waals surface area contributed by atoms with Crippen LogP contribution in [-0.4, -0.2) is 33.6 Å². The minimum atomic E-state index is -1.43. The van der Waals surface area contributed by atoms with Crippen molar-refractivity contribution in [2.75, 3.05) is 5.32 Å². The molecule has 164 valence electrons. The summed E-state index contributed by atoms with van der Waals surface area (Å²) in [4.78, 5) is 49.8. The Morgan fingerprint density at radius 1 is 1.13 bits per heavy atom. The van der Waals surface area contributed by atoms with E-state index in [0.717, 1.165) is 12.1 Å². The normalized spacial score (nSPS) is 12.9. The van der Waals surface area contributed by atoms with Crippen molar-refractivity contribution in [3.05, 3.63) is 52.3 Å². The van der Waals surface area contributed by atoms with Gasteiger partial charge in [0.1, 0.15) is 11.2 Å². The topological polar surface area (TPSA) is 123 Å². The molecule has 2 aromatic rings. The molecule has 31 heavy (non-hydrogen) atoms. The second-order valence-electron chi connectivity index (χ2n) is 7.91. The standard InChI is InChI=1S/C21H22F2N4O4/c1-10-15(17(28)19(30)26-21(2,3)20(24)31)14-5-4-8-27(14)16(10)18(29)25-11-6-7-12(22)13(23)9-11/h6-7,9H,4-5,8H2,1-3H3,(H2,24,31)(H,25,29)(H,26,30). The van der Waals surface area contributed by atoms with Crippen molar-refractivity contribution in [3.8, 4) is 0 Å². The molecule has 0 spiro atoms. The highest BCUT2D eigenvalue weighted by Gasteiger charge is 2.36. The van der Waals surface area contributed by atoms with Crippen molar-refractivity contribution in [3.63, 3.8) is 0 Å². The van der Waals surface area contributed by atoms with Gasteiger partial charge in [0.25, 0.3) is 17.6 Å². The van der Waals surface area contributed by atoms with Crippen LogP contribution in [0.2, 0.25) is 0 Å². The van der Waals surface area contributed by atoms with E-state index in [1.54, 1.807) is 4.57 Å². The van der Waals surface area contributed by atoms with Crippen LogP contribution in [-0.2, 0) is 22.6 Å². The Labute approximate surface area is 176 Å². The Hall–Kier alpha value is -3.56. The first-order valence-electron chi connectivity index (χ1n) is 9.59. The van der Waals surface area contributed by atoms with E-state index in [0.29, 0.717) is 25.1 Å². The smallest absolute Gasteiger partial charge is 0.293 e. The number of ketones is 1. The van der Waals surface area contributed by atoms with Crippen molar-refractivity contribution in [2.45, 2.75) is 45.7 Å². The maximum absolute atomic E-state index is 13.5. The fraction of sp³-hybridized carbons (Fsp3) is 0.333. The number of Topliss-reactive ketones (excluding diaryl/α,β-unsaturated/α-hetero) is 1. The van der Waals surface area contributed by atoms with E-state index in [1.807, 2.05) is 0 Å². The zero-order valence-corrected chi connectivity index (χ0v) is 17.3. The average Bonchev–Trinajstić information content (AvgIpc) is 3.23. The van der Waals surface area contributed by atoms with Crippen molar-refractivity contribution >= 4 is 29.2 Å². The molecule has 0 bridgehead atoms. The lowest BCUT2D eigenvalue weighted by atomic mass is 10.00. The molecule has 1 aliphatic rings. The second-order valence-corrected chi connectivity index (χ2v) is 7.91. The van der Waals surface area contributed by atoms with Gasteiger partial charge in [0.2, 0.25) is 5.91 Å². The second kappa shape index (κ2) is 7.93. The quantitative estimate of drug-likeness (QED) is 0.476. The number of carbonyl (C=O) groups is 4. The van der Waals surface area contributed by atoms with Gasteiger partial charge in [0, 0.05) is 24.0 Å². The summed E-state index contributed by atoms with van der Waals surface area (Å²) < 4.78 is 28.3. The van der Waals surface area contributed by atoms with Crippen LogP contribution in [0.3, 0.4) is 0 Å². The number of halogens is 2. The number of nitrogens with one attached hydrogen (secondary N) is 2. The zero-order valence-electron chi connectivity index (χ0n) is 17.3. The first-order chi connectivity index (χ1) is 14.4. The summed E-state index contributed by atoms with van der Waals surface area (Å²) in [6, 6.07) is 2.95. The average molecular weight is 432 g/mol. The number of nitrogens with zero attached hydrogens (tertiary/aromatic N) is 1. The maximum Gasteiger partial charge on any atom is 0.293 e. The van der Waals surface area contributed by atoms with Crippen molar-refractivity contribution in [1.29, 1.82) is 0 Å². The fourth-order valence-corrected chi connectivity index (χ4v) is 3.59. The Bertz CT molecular complexity index is 1120. The van der Waals surface area contributed by atoms with Gasteiger partial charge in [0.15, 0.2) is 11.6 Å². The third kappa shape index (κ3) is 4.05. The molecule has 1 aliphatic heterocycles. The zero-order chi connectivity index (χ0) is 23.1. The Morgan fingerprint density at radius 3 is 2.42 bits per heavy atom. The van der Waals surface area contributed by atoms with Crippen LogP contribution in [0.5, 0.6) is 0 Å². The van der Waals surface area contributed by atoms with Crippen molar-refractivity contribution in [1.82, 2.24) is 9.88 Å². The van der Waals surface area contributed by atoms with Crippen LogP contribution in [0.4, 0.5) is 14.5 Å². The lowest BCUT2D eigenvalue weighted by molar-refractivity contribution is -0.128. The summed E-state index contributed by atoms with van der Waals surface area (Å²) in [5.41, 5.74) is 4.92. The Balaban J connectivity index is 1.94. The summed E-state index contributed by atoms with van der Waals surface area (Å²) >= 11 is 0. The third-order valence-corrected chi connectivity index (χ3v) is 5.28. The van der Waals surface area contributed by atoms with Crippen LogP contribution in [0, 0.1) is 18.6 Å². The minimum Gasteiger partial charge on any atom is -0.368 e. The molecule has 10 heteroatoms. The number of aromatic nitrogens is 1. The molecule has 4 N–H and O–H groups in total. The van der Waals surface area contributed by atoms with Crippen molar-refractivity contribution in [2.24, 2.45) is 5.73 Å². The molecular formula is C21H22F2N4O4. The lowest BCUT2D eigenvalue weighted by Crippen LogP contribution is -2.54. The molecule has 1 aromatic heterocycles. The molecule has 3 amide bonds. The molecule has 0 fully saturated rings. The third-order valence-electron chi connectivity index (χ3n) is 5.28. The lowest BCUT2D eigenvalue weighted by Gasteiger charge is -2.21. The van der Waals surface area contributed by atoms with Crippen LogP contribution in [0.15, 0.2) is 18.2 Å². The maximum atomic E-state index is 13.5. The number of nitrogens with two attached hydrogens (primary N) is 1. The number of rotatable bonds is 6. The molecule has 0 unspecified atom stereocenters. The van der Waals surface area contributed by atoms with Gasteiger partial charge in [0.05, 0.1) is 5.56 Å². The number of hydrogen-bond acceptors (Lipinski definition) is 4. The summed E-state index contributed by atoms with van der Waals surface area (Å²) in [6.45, 7) is 4.74. The number of anilines is 1. The highest BCUT2D eigenvalue weighted by atomic mass is 19.2. The highest BCUT2D eigenvalue weighted by molar-refractivity contribution is 6.44. The SMILES string of the molecule is Cc1c(C(=O)C(=O)NC(C)(C)C(N)=O)c2n(c1C(=O)Nc1ccc(F)c(F)c1)CCC2. The number of hydrogen-bond donors (Lipinski definition) is 3. The number of benzene rings is 1. The number of primary amides is 1.